The summed E-state index contributed by atoms with van der Waals surface area (Å²) in [5.74, 6) is 1.56. The minimum absolute atomic E-state index is 0.0169. The molecule has 1 rings (SSSR count). The second-order valence-electron chi connectivity index (χ2n) is 4.09. The van der Waals surface area contributed by atoms with Crippen molar-refractivity contribution in [3.05, 3.63) is 23.2 Å². The van der Waals surface area contributed by atoms with Gasteiger partial charge in [0.2, 0.25) is 0 Å². The van der Waals surface area contributed by atoms with Crippen LogP contribution in [0.2, 0.25) is 0 Å². The highest BCUT2D eigenvalue weighted by molar-refractivity contribution is 5.27. The lowest BCUT2D eigenvalue weighted by Crippen LogP contribution is -2.10. The second kappa shape index (κ2) is 2.94. The van der Waals surface area contributed by atoms with E-state index in [0.717, 1.165) is 5.76 Å². The fourth-order valence-electron chi connectivity index (χ4n) is 1.37. The van der Waals surface area contributed by atoms with Crippen molar-refractivity contribution in [2.24, 2.45) is 0 Å². The molecule has 68 valence electrons. The van der Waals surface area contributed by atoms with Crippen molar-refractivity contribution < 1.29 is 9.52 Å². The van der Waals surface area contributed by atoms with Gasteiger partial charge in [-0.1, -0.05) is 20.8 Å². The molecule has 0 unspecified atom stereocenters. The normalized spacial score (nSPS) is 12.1. The zero-order valence-corrected chi connectivity index (χ0v) is 8.14. The summed E-state index contributed by atoms with van der Waals surface area (Å²) in [6, 6.07) is 1.93. The maximum Gasteiger partial charge on any atom is 0.129 e. The summed E-state index contributed by atoms with van der Waals surface area (Å²) >= 11 is 0. The Morgan fingerprint density at radius 2 is 2.00 bits per heavy atom. The highest BCUT2D eigenvalue weighted by atomic mass is 16.4. The fourth-order valence-corrected chi connectivity index (χ4v) is 1.37. The zero-order valence-electron chi connectivity index (χ0n) is 8.14. The van der Waals surface area contributed by atoms with Crippen LogP contribution >= 0.6 is 0 Å². The summed E-state index contributed by atoms with van der Waals surface area (Å²) in [4.78, 5) is 0. The maximum atomic E-state index is 8.85. The minimum Gasteiger partial charge on any atom is -0.464 e. The summed E-state index contributed by atoms with van der Waals surface area (Å²) in [7, 11) is 0. The van der Waals surface area contributed by atoms with Crippen molar-refractivity contribution in [1.29, 1.82) is 0 Å². The Bertz CT molecular complexity index is 266. The van der Waals surface area contributed by atoms with E-state index in [2.05, 4.69) is 20.8 Å². The van der Waals surface area contributed by atoms with E-state index in [1.165, 1.54) is 5.56 Å². The van der Waals surface area contributed by atoms with Crippen LogP contribution < -0.4 is 0 Å². The van der Waals surface area contributed by atoms with Gasteiger partial charge in [-0.05, 0) is 24.0 Å². The van der Waals surface area contributed by atoms with Crippen molar-refractivity contribution >= 4 is 0 Å². The van der Waals surface area contributed by atoms with E-state index in [1.807, 2.05) is 13.0 Å². The predicted molar refractivity (Wildman–Crippen MR) is 48.1 cm³/mol. The Hall–Kier alpha value is -0.760. The van der Waals surface area contributed by atoms with E-state index in [-0.39, 0.29) is 12.0 Å². The molecule has 0 spiro atoms. The van der Waals surface area contributed by atoms with Gasteiger partial charge < -0.3 is 9.52 Å². The number of hydrogen-bond acceptors (Lipinski definition) is 2. The van der Waals surface area contributed by atoms with Crippen molar-refractivity contribution in [1.82, 2.24) is 0 Å². The molecule has 0 fully saturated rings. The lowest BCUT2D eigenvalue weighted by atomic mass is 9.87. The molecule has 0 aliphatic heterocycles. The van der Waals surface area contributed by atoms with E-state index in [9.17, 15) is 0 Å². The number of rotatable bonds is 1. The van der Waals surface area contributed by atoms with E-state index in [1.54, 1.807) is 0 Å². The Kier molecular flexibility index (Phi) is 2.29. The van der Waals surface area contributed by atoms with Crippen LogP contribution in [0.15, 0.2) is 10.5 Å². The largest absolute Gasteiger partial charge is 0.464 e. The number of hydrogen-bond donors (Lipinski definition) is 1. The van der Waals surface area contributed by atoms with Gasteiger partial charge in [0.15, 0.2) is 0 Å². The van der Waals surface area contributed by atoms with E-state index in [0.29, 0.717) is 5.76 Å². The van der Waals surface area contributed by atoms with Gasteiger partial charge in [0.1, 0.15) is 18.1 Å². The number of aryl methyl sites for hydroxylation is 1. The lowest BCUT2D eigenvalue weighted by Gasteiger charge is -2.16. The Morgan fingerprint density at radius 3 is 2.25 bits per heavy atom. The molecule has 1 N–H and O–H groups in total. The fraction of sp³-hybridized carbons (Fsp3) is 0.600. The van der Waals surface area contributed by atoms with Gasteiger partial charge in [-0.3, -0.25) is 0 Å². The molecular formula is C10H16O2. The molecule has 12 heavy (non-hydrogen) atoms. The molecule has 0 aromatic carbocycles. The maximum absolute atomic E-state index is 8.85. The number of aliphatic hydroxyl groups excluding tert-OH is 1. The quantitative estimate of drug-likeness (QED) is 0.698. The van der Waals surface area contributed by atoms with Gasteiger partial charge in [0.05, 0.1) is 0 Å². The smallest absolute Gasteiger partial charge is 0.129 e. The third-order valence-corrected chi connectivity index (χ3v) is 1.93. The van der Waals surface area contributed by atoms with Gasteiger partial charge >= 0.3 is 0 Å². The molecule has 1 aromatic heterocycles. The Balaban J connectivity index is 3.08. The minimum atomic E-state index is -0.0169. The molecule has 2 nitrogen and oxygen atoms in total. The molecule has 2 heteroatoms. The van der Waals surface area contributed by atoms with Crippen molar-refractivity contribution in [3.8, 4) is 0 Å². The first-order valence-electron chi connectivity index (χ1n) is 4.16. The Morgan fingerprint density at radius 1 is 1.42 bits per heavy atom. The summed E-state index contributed by atoms with van der Waals surface area (Å²) in [6.45, 7) is 8.31. The molecule has 1 heterocycles. The molecule has 0 amide bonds. The van der Waals surface area contributed by atoms with Crippen molar-refractivity contribution in [2.75, 3.05) is 0 Å². The van der Waals surface area contributed by atoms with Crippen molar-refractivity contribution in [2.45, 2.75) is 39.7 Å². The molecule has 0 radical (unpaired) electrons. The van der Waals surface area contributed by atoms with Gasteiger partial charge in [0, 0.05) is 0 Å². The first kappa shape index (κ1) is 9.33. The molecule has 0 aliphatic carbocycles. The second-order valence-corrected chi connectivity index (χ2v) is 4.09. The zero-order chi connectivity index (χ0) is 9.35. The third kappa shape index (κ3) is 1.69. The van der Waals surface area contributed by atoms with Crippen LogP contribution in [0.1, 0.15) is 37.9 Å². The van der Waals surface area contributed by atoms with E-state index in [4.69, 9.17) is 9.52 Å². The average Bonchev–Trinajstić information content (AvgIpc) is 2.29. The summed E-state index contributed by atoms with van der Waals surface area (Å²) in [5, 5.41) is 8.85. The third-order valence-electron chi connectivity index (χ3n) is 1.93. The molecule has 0 saturated heterocycles. The summed E-state index contributed by atoms with van der Waals surface area (Å²) in [6.07, 6.45) is 0. The van der Waals surface area contributed by atoms with Crippen LogP contribution in [-0.2, 0) is 12.0 Å². The van der Waals surface area contributed by atoms with Crippen LogP contribution in [0.3, 0.4) is 0 Å². The van der Waals surface area contributed by atoms with Gasteiger partial charge in [0.25, 0.3) is 0 Å². The van der Waals surface area contributed by atoms with Crippen LogP contribution in [0.25, 0.3) is 0 Å². The molecule has 0 aliphatic rings. The Labute approximate surface area is 73.2 Å². The van der Waals surface area contributed by atoms with Crippen LogP contribution in [0.5, 0.6) is 0 Å². The standard InChI is InChI=1S/C10H16O2/c1-7-9(10(2,3)4)5-8(6-11)12-7/h5,11H,6H2,1-4H3. The molecule has 0 bridgehead atoms. The van der Waals surface area contributed by atoms with Crippen LogP contribution in [-0.4, -0.2) is 5.11 Å². The van der Waals surface area contributed by atoms with Gasteiger partial charge in [-0.15, -0.1) is 0 Å². The number of furan rings is 1. The number of aliphatic hydroxyl groups is 1. The first-order chi connectivity index (χ1) is 5.45. The predicted octanol–water partition coefficient (Wildman–Crippen LogP) is 2.38. The van der Waals surface area contributed by atoms with Crippen LogP contribution in [0, 0.1) is 6.92 Å². The SMILES string of the molecule is Cc1oc(CO)cc1C(C)(C)C. The van der Waals surface area contributed by atoms with Gasteiger partial charge in [-0.2, -0.15) is 0 Å². The first-order valence-corrected chi connectivity index (χ1v) is 4.16. The van der Waals surface area contributed by atoms with Crippen molar-refractivity contribution in [3.63, 3.8) is 0 Å². The monoisotopic (exact) mass is 168 g/mol. The molecule has 0 saturated carbocycles. The van der Waals surface area contributed by atoms with E-state index >= 15 is 0 Å². The lowest BCUT2D eigenvalue weighted by molar-refractivity contribution is 0.245. The molecular weight excluding hydrogens is 152 g/mol. The molecule has 1 aromatic rings. The van der Waals surface area contributed by atoms with E-state index < -0.39 is 0 Å². The molecule has 0 atom stereocenters. The highest BCUT2D eigenvalue weighted by Crippen LogP contribution is 2.28. The van der Waals surface area contributed by atoms with Gasteiger partial charge in [-0.25, -0.2) is 0 Å². The average molecular weight is 168 g/mol. The topological polar surface area (TPSA) is 33.4 Å². The summed E-state index contributed by atoms with van der Waals surface area (Å²) in [5.41, 5.74) is 1.27. The highest BCUT2D eigenvalue weighted by Gasteiger charge is 2.19. The summed E-state index contributed by atoms with van der Waals surface area (Å²) < 4.78 is 5.34. The van der Waals surface area contributed by atoms with Crippen LogP contribution in [0.4, 0.5) is 0 Å².